The Bertz CT molecular complexity index is 302. The lowest BCUT2D eigenvalue weighted by Gasteiger charge is -2.14. The number of carboxylic acid groups (broad SMARTS) is 1. The van der Waals surface area contributed by atoms with Gasteiger partial charge in [-0.1, -0.05) is 0 Å². The van der Waals surface area contributed by atoms with Crippen molar-refractivity contribution in [2.24, 2.45) is 5.92 Å². The number of carboxylic acids is 1. The second kappa shape index (κ2) is 3.73. The zero-order valence-corrected chi connectivity index (χ0v) is 6.91. The molecule has 0 aliphatic heterocycles. The van der Waals surface area contributed by atoms with Crippen LogP contribution < -0.4 is 0 Å². The third kappa shape index (κ3) is 2.51. The van der Waals surface area contributed by atoms with E-state index in [1.807, 2.05) is 0 Å². The van der Waals surface area contributed by atoms with Crippen molar-refractivity contribution in [2.75, 3.05) is 0 Å². The molecule has 0 amide bonds. The normalized spacial score (nSPS) is 13.9. The molecule has 1 rings (SSSR count). The van der Waals surface area contributed by atoms with Crippen molar-refractivity contribution in [3.8, 4) is 0 Å². The first-order chi connectivity index (χ1) is 6.41. The molecule has 1 atom stereocenters. The Morgan fingerprint density at radius 2 is 2.21 bits per heavy atom. The summed E-state index contributed by atoms with van der Waals surface area (Å²) in [5, 5.41) is 8.35. The Hall–Kier alpha value is -1.46. The zero-order chi connectivity index (χ0) is 10.8. The van der Waals surface area contributed by atoms with Crippen molar-refractivity contribution in [1.29, 1.82) is 0 Å². The number of rotatable bonds is 3. The fourth-order valence-electron chi connectivity index (χ4n) is 0.973. The van der Waals surface area contributed by atoms with Crippen LogP contribution >= 0.6 is 0 Å². The number of alkyl halides is 3. The summed E-state index contributed by atoms with van der Waals surface area (Å²) in [5.41, 5.74) is 0. The zero-order valence-electron chi connectivity index (χ0n) is 6.91. The van der Waals surface area contributed by atoms with Crippen LogP contribution in [0.2, 0.25) is 0 Å². The van der Waals surface area contributed by atoms with Gasteiger partial charge in [0.25, 0.3) is 0 Å². The number of carbonyl (C=O) groups is 1. The lowest BCUT2D eigenvalue weighted by molar-refractivity contribution is -0.193. The first-order valence-corrected chi connectivity index (χ1v) is 3.73. The average Bonchev–Trinajstić information content (AvgIpc) is 2.48. The Morgan fingerprint density at radius 1 is 1.57 bits per heavy atom. The van der Waals surface area contributed by atoms with E-state index in [2.05, 4.69) is 4.42 Å². The highest BCUT2D eigenvalue weighted by Crippen LogP contribution is 2.29. The van der Waals surface area contributed by atoms with Gasteiger partial charge in [0, 0.05) is 6.42 Å². The fraction of sp³-hybridized carbons (Fsp3) is 0.375. The van der Waals surface area contributed by atoms with Gasteiger partial charge in [0.05, 0.1) is 6.26 Å². The summed E-state index contributed by atoms with van der Waals surface area (Å²) < 4.78 is 41.1. The molecule has 0 fully saturated rings. The fourth-order valence-corrected chi connectivity index (χ4v) is 0.973. The summed E-state index contributed by atoms with van der Waals surface area (Å²) in [4.78, 5) is 10.3. The molecule has 1 aromatic rings. The molecule has 0 aliphatic rings. The highest BCUT2D eigenvalue weighted by Gasteiger charge is 2.45. The number of halogens is 3. The molecule has 0 saturated heterocycles. The molecule has 0 bridgehead atoms. The predicted molar refractivity (Wildman–Crippen MR) is 39.6 cm³/mol. The van der Waals surface area contributed by atoms with E-state index in [1.165, 1.54) is 18.4 Å². The molecule has 14 heavy (non-hydrogen) atoms. The lowest BCUT2D eigenvalue weighted by atomic mass is 10.0. The molecular weight excluding hydrogens is 201 g/mol. The van der Waals surface area contributed by atoms with Crippen molar-refractivity contribution in [3.63, 3.8) is 0 Å². The Kier molecular flexibility index (Phi) is 2.83. The first-order valence-electron chi connectivity index (χ1n) is 3.73. The Balaban J connectivity index is 2.76. The van der Waals surface area contributed by atoms with E-state index in [9.17, 15) is 18.0 Å². The van der Waals surface area contributed by atoms with E-state index in [0.29, 0.717) is 0 Å². The van der Waals surface area contributed by atoms with Crippen LogP contribution in [0.25, 0.3) is 0 Å². The van der Waals surface area contributed by atoms with Crippen molar-refractivity contribution in [2.45, 2.75) is 12.6 Å². The number of hydrogen-bond acceptors (Lipinski definition) is 2. The van der Waals surface area contributed by atoms with Crippen LogP contribution in [0, 0.1) is 5.92 Å². The maximum absolute atomic E-state index is 12.1. The third-order valence-electron chi connectivity index (χ3n) is 1.68. The minimum Gasteiger partial charge on any atom is -0.481 e. The standard InChI is InChI=1S/C8H7F3O3/c9-8(10,11)6(7(12)13)4-5-2-1-3-14-5/h1-3,6H,4H2,(H,12,13)/t6-/m1/s1. The predicted octanol–water partition coefficient (Wildman–Crippen LogP) is 2.09. The average molecular weight is 208 g/mol. The Labute approximate surface area is 77.1 Å². The minimum absolute atomic E-state index is 0.00900. The van der Waals surface area contributed by atoms with Gasteiger partial charge in [-0.25, -0.2) is 0 Å². The number of aliphatic carboxylic acids is 1. The van der Waals surface area contributed by atoms with Gasteiger partial charge in [-0.05, 0) is 12.1 Å². The van der Waals surface area contributed by atoms with Gasteiger partial charge in [0.2, 0.25) is 0 Å². The maximum atomic E-state index is 12.1. The van der Waals surface area contributed by atoms with Crippen LogP contribution in [-0.2, 0) is 11.2 Å². The minimum atomic E-state index is -4.75. The summed E-state index contributed by atoms with van der Waals surface area (Å²) >= 11 is 0. The van der Waals surface area contributed by atoms with Crippen LogP contribution in [0.1, 0.15) is 5.76 Å². The topological polar surface area (TPSA) is 50.4 Å². The monoisotopic (exact) mass is 208 g/mol. The lowest BCUT2D eigenvalue weighted by Crippen LogP contribution is -2.32. The number of furan rings is 1. The molecule has 6 heteroatoms. The molecule has 0 radical (unpaired) electrons. The second-order valence-corrected chi connectivity index (χ2v) is 2.72. The van der Waals surface area contributed by atoms with E-state index in [-0.39, 0.29) is 5.76 Å². The van der Waals surface area contributed by atoms with Gasteiger partial charge in [-0.3, -0.25) is 4.79 Å². The van der Waals surface area contributed by atoms with E-state index in [4.69, 9.17) is 5.11 Å². The van der Waals surface area contributed by atoms with Crippen molar-refractivity contribution < 1.29 is 27.5 Å². The third-order valence-corrected chi connectivity index (χ3v) is 1.68. The summed E-state index contributed by atoms with van der Waals surface area (Å²) in [5.74, 6) is -4.29. The molecule has 78 valence electrons. The molecule has 0 spiro atoms. The van der Waals surface area contributed by atoms with E-state index in [1.54, 1.807) is 0 Å². The van der Waals surface area contributed by atoms with Gasteiger partial charge < -0.3 is 9.52 Å². The molecular formula is C8H7F3O3. The van der Waals surface area contributed by atoms with Crippen molar-refractivity contribution in [1.82, 2.24) is 0 Å². The maximum Gasteiger partial charge on any atom is 0.402 e. The molecule has 3 nitrogen and oxygen atoms in total. The smallest absolute Gasteiger partial charge is 0.402 e. The second-order valence-electron chi connectivity index (χ2n) is 2.72. The number of hydrogen-bond donors (Lipinski definition) is 1. The highest BCUT2D eigenvalue weighted by molar-refractivity contribution is 5.71. The van der Waals surface area contributed by atoms with E-state index in [0.717, 1.165) is 0 Å². The van der Waals surface area contributed by atoms with Crippen LogP contribution in [0.15, 0.2) is 22.8 Å². The molecule has 0 unspecified atom stereocenters. The molecule has 1 heterocycles. The molecule has 1 N–H and O–H groups in total. The molecule has 1 aromatic heterocycles. The van der Waals surface area contributed by atoms with Crippen LogP contribution in [-0.4, -0.2) is 17.3 Å². The molecule has 0 aliphatic carbocycles. The van der Waals surface area contributed by atoms with E-state index >= 15 is 0 Å². The van der Waals surface area contributed by atoms with Gasteiger partial charge in [-0.15, -0.1) is 0 Å². The van der Waals surface area contributed by atoms with Crippen LogP contribution in [0.4, 0.5) is 13.2 Å². The summed E-state index contributed by atoms with van der Waals surface area (Å²) in [6.45, 7) is 0. The first kappa shape index (κ1) is 10.6. The quantitative estimate of drug-likeness (QED) is 0.827. The summed E-state index contributed by atoms with van der Waals surface area (Å²) in [6, 6.07) is 2.71. The van der Waals surface area contributed by atoms with Gasteiger partial charge in [0.15, 0.2) is 5.92 Å². The van der Waals surface area contributed by atoms with Gasteiger partial charge >= 0.3 is 12.1 Å². The molecule has 0 aromatic carbocycles. The van der Waals surface area contributed by atoms with Gasteiger partial charge in [0.1, 0.15) is 5.76 Å². The van der Waals surface area contributed by atoms with Crippen LogP contribution in [0.3, 0.4) is 0 Å². The van der Waals surface area contributed by atoms with Crippen molar-refractivity contribution >= 4 is 5.97 Å². The van der Waals surface area contributed by atoms with Crippen molar-refractivity contribution in [3.05, 3.63) is 24.2 Å². The largest absolute Gasteiger partial charge is 0.481 e. The molecule has 0 saturated carbocycles. The van der Waals surface area contributed by atoms with Crippen LogP contribution in [0.5, 0.6) is 0 Å². The highest BCUT2D eigenvalue weighted by atomic mass is 19.4. The summed E-state index contributed by atoms with van der Waals surface area (Å²) in [6.07, 6.45) is -4.23. The Morgan fingerprint density at radius 3 is 2.57 bits per heavy atom. The summed E-state index contributed by atoms with van der Waals surface area (Å²) in [7, 11) is 0. The van der Waals surface area contributed by atoms with E-state index < -0.39 is 24.5 Å². The van der Waals surface area contributed by atoms with Gasteiger partial charge in [-0.2, -0.15) is 13.2 Å². The SMILES string of the molecule is O=C(O)[C@@H](Cc1ccco1)C(F)(F)F.